The Morgan fingerprint density at radius 1 is 1.25 bits per heavy atom. The molecule has 2 fully saturated rings. The molecule has 1 heterocycles. The number of carbonyl (C=O) groups is 1. The number of amides is 1. The SMILES string of the molecule is CC(C)(C)NC(=O)CN1CC2CCCC2C1. The van der Waals surface area contributed by atoms with E-state index in [0.29, 0.717) is 6.54 Å². The molecule has 0 aromatic heterocycles. The van der Waals surface area contributed by atoms with Crippen LogP contribution in [0.3, 0.4) is 0 Å². The van der Waals surface area contributed by atoms with Crippen molar-refractivity contribution in [3.63, 3.8) is 0 Å². The van der Waals surface area contributed by atoms with Gasteiger partial charge in [-0.1, -0.05) is 6.42 Å². The van der Waals surface area contributed by atoms with Crippen molar-refractivity contribution in [3.8, 4) is 0 Å². The van der Waals surface area contributed by atoms with Gasteiger partial charge in [-0.05, 0) is 45.4 Å². The highest BCUT2D eigenvalue weighted by Gasteiger charge is 2.36. The van der Waals surface area contributed by atoms with Crippen LogP contribution in [-0.2, 0) is 4.79 Å². The van der Waals surface area contributed by atoms with Gasteiger partial charge in [0.15, 0.2) is 0 Å². The lowest BCUT2D eigenvalue weighted by Gasteiger charge is -2.23. The van der Waals surface area contributed by atoms with Crippen LogP contribution in [0.2, 0.25) is 0 Å². The molecule has 3 heteroatoms. The molecule has 1 saturated heterocycles. The summed E-state index contributed by atoms with van der Waals surface area (Å²) >= 11 is 0. The van der Waals surface area contributed by atoms with Crippen LogP contribution in [0.5, 0.6) is 0 Å². The Morgan fingerprint density at radius 2 is 1.81 bits per heavy atom. The van der Waals surface area contributed by atoms with E-state index in [1.165, 1.54) is 19.3 Å². The lowest BCUT2D eigenvalue weighted by atomic mass is 10.0. The molecule has 1 aliphatic heterocycles. The van der Waals surface area contributed by atoms with Crippen molar-refractivity contribution in [2.75, 3.05) is 19.6 Å². The van der Waals surface area contributed by atoms with Gasteiger partial charge in [-0.3, -0.25) is 9.69 Å². The first-order valence-corrected chi connectivity index (χ1v) is 6.47. The van der Waals surface area contributed by atoms with Crippen LogP contribution in [0.25, 0.3) is 0 Å². The minimum atomic E-state index is -0.104. The highest BCUT2D eigenvalue weighted by molar-refractivity contribution is 5.78. The van der Waals surface area contributed by atoms with E-state index in [2.05, 4.69) is 10.2 Å². The molecule has 1 saturated carbocycles. The fourth-order valence-corrected chi connectivity index (χ4v) is 3.12. The molecule has 1 aliphatic carbocycles. The van der Waals surface area contributed by atoms with Gasteiger partial charge in [0.05, 0.1) is 6.54 Å². The zero-order chi connectivity index (χ0) is 11.8. The van der Waals surface area contributed by atoms with Gasteiger partial charge in [-0.25, -0.2) is 0 Å². The van der Waals surface area contributed by atoms with Crippen molar-refractivity contribution in [1.29, 1.82) is 0 Å². The molecule has 0 bridgehead atoms. The van der Waals surface area contributed by atoms with Crippen LogP contribution in [-0.4, -0.2) is 36.0 Å². The third kappa shape index (κ3) is 2.97. The van der Waals surface area contributed by atoms with Crippen LogP contribution in [0.15, 0.2) is 0 Å². The van der Waals surface area contributed by atoms with Gasteiger partial charge in [-0.15, -0.1) is 0 Å². The second kappa shape index (κ2) is 4.36. The second-order valence-corrected chi connectivity index (χ2v) is 6.44. The molecule has 2 unspecified atom stereocenters. The molecular formula is C13H24N2O. The van der Waals surface area contributed by atoms with Crippen LogP contribution < -0.4 is 5.32 Å². The molecule has 0 spiro atoms. The van der Waals surface area contributed by atoms with Gasteiger partial charge >= 0.3 is 0 Å². The van der Waals surface area contributed by atoms with Crippen molar-refractivity contribution in [1.82, 2.24) is 10.2 Å². The molecule has 92 valence electrons. The van der Waals surface area contributed by atoms with Gasteiger partial charge in [0.2, 0.25) is 5.91 Å². The predicted octanol–water partition coefficient (Wildman–Crippen LogP) is 1.63. The summed E-state index contributed by atoms with van der Waals surface area (Å²) in [4.78, 5) is 14.1. The van der Waals surface area contributed by atoms with Crippen LogP contribution >= 0.6 is 0 Å². The van der Waals surface area contributed by atoms with E-state index in [0.717, 1.165) is 24.9 Å². The summed E-state index contributed by atoms with van der Waals surface area (Å²) in [6.45, 7) is 8.96. The molecule has 2 aliphatic rings. The summed E-state index contributed by atoms with van der Waals surface area (Å²) in [7, 11) is 0. The van der Waals surface area contributed by atoms with E-state index in [9.17, 15) is 4.79 Å². The Morgan fingerprint density at radius 3 is 2.31 bits per heavy atom. The molecule has 16 heavy (non-hydrogen) atoms. The molecule has 2 rings (SSSR count). The van der Waals surface area contributed by atoms with Gasteiger partial charge in [0.25, 0.3) is 0 Å². The Bertz CT molecular complexity index is 258. The predicted molar refractivity (Wildman–Crippen MR) is 65.2 cm³/mol. The Balaban J connectivity index is 1.77. The summed E-state index contributed by atoms with van der Waals surface area (Å²) < 4.78 is 0. The Kier molecular flexibility index (Phi) is 3.24. The second-order valence-electron chi connectivity index (χ2n) is 6.44. The van der Waals surface area contributed by atoms with Crippen molar-refractivity contribution in [3.05, 3.63) is 0 Å². The zero-order valence-corrected chi connectivity index (χ0v) is 10.8. The zero-order valence-electron chi connectivity index (χ0n) is 10.8. The third-order valence-electron chi connectivity index (χ3n) is 3.68. The Labute approximate surface area is 98.6 Å². The average molecular weight is 224 g/mol. The topological polar surface area (TPSA) is 32.3 Å². The van der Waals surface area contributed by atoms with E-state index in [1.54, 1.807) is 0 Å². The molecule has 0 aromatic carbocycles. The number of nitrogens with zero attached hydrogens (tertiary/aromatic N) is 1. The molecular weight excluding hydrogens is 200 g/mol. The number of nitrogens with one attached hydrogen (secondary N) is 1. The lowest BCUT2D eigenvalue weighted by molar-refractivity contribution is -0.123. The van der Waals surface area contributed by atoms with E-state index in [4.69, 9.17) is 0 Å². The van der Waals surface area contributed by atoms with Crippen LogP contribution in [0.4, 0.5) is 0 Å². The van der Waals surface area contributed by atoms with Crippen molar-refractivity contribution >= 4 is 5.91 Å². The van der Waals surface area contributed by atoms with Crippen LogP contribution in [0.1, 0.15) is 40.0 Å². The van der Waals surface area contributed by atoms with E-state index >= 15 is 0 Å². The minimum Gasteiger partial charge on any atom is -0.350 e. The fraction of sp³-hybridized carbons (Fsp3) is 0.923. The molecule has 1 amide bonds. The number of likely N-dealkylation sites (tertiary alicyclic amines) is 1. The van der Waals surface area contributed by atoms with Crippen molar-refractivity contribution < 1.29 is 4.79 Å². The normalized spacial score (nSPS) is 30.4. The molecule has 0 radical (unpaired) electrons. The largest absolute Gasteiger partial charge is 0.350 e. The molecule has 3 nitrogen and oxygen atoms in total. The Hall–Kier alpha value is -0.570. The minimum absolute atomic E-state index is 0.104. The van der Waals surface area contributed by atoms with Crippen LogP contribution in [0, 0.1) is 11.8 Å². The first kappa shape index (κ1) is 11.9. The fourth-order valence-electron chi connectivity index (χ4n) is 3.12. The molecule has 1 N–H and O–H groups in total. The van der Waals surface area contributed by atoms with Crippen molar-refractivity contribution in [2.45, 2.75) is 45.6 Å². The van der Waals surface area contributed by atoms with Crippen molar-refractivity contribution in [2.24, 2.45) is 11.8 Å². The van der Waals surface area contributed by atoms with E-state index in [1.807, 2.05) is 20.8 Å². The quantitative estimate of drug-likeness (QED) is 0.773. The monoisotopic (exact) mass is 224 g/mol. The lowest BCUT2D eigenvalue weighted by Crippen LogP contribution is -2.45. The molecule has 0 aromatic rings. The summed E-state index contributed by atoms with van der Waals surface area (Å²) in [6.07, 6.45) is 4.15. The maximum Gasteiger partial charge on any atom is 0.234 e. The number of carbonyl (C=O) groups excluding carboxylic acids is 1. The number of fused-ring (bicyclic) bond motifs is 1. The van der Waals surface area contributed by atoms with Gasteiger partial charge < -0.3 is 5.32 Å². The van der Waals surface area contributed by atoms with E-state index < -0.39 is 0 Å². The first-order chi connectivity index (χ1) is 7.44. The van der Waals surface area contributed by atoms with Gasteiger partial charge in [0, 0.05) is 18.6 Å². The smallest absolute Gasteiger partial charge is 0.234 e. The summed E-state index contributed by atoms with van der Waals surface area (Å²) in [5.74, 6) is 1.93. The summed E-state index contributed by atoms with van der Waals surface area (Å²) in [5.41, 5.74) is -0.104. The molecule has 2 atom stereocenters. The number of hydrogen-bond donors (Lipinski definition) is 1. The van der Waals surface area contributed by atoms with Gasteiger partial charge in [0.1, 0.15) is 0 Å². The number of hydrogen-bond acceptors (Lipinski definition) is 2. The highest BCUT2D eigenvalue weighted by atomic mass is 16.2. The average Bonchev–Trinajstić information content (AvgIpc) is 2.58. The first-order valence-electron chi connectivity index (χ1n) is 6.47. The van der Waals surface area contributed by atoms with E-state index in [-0.39, 0.29) is 11.4 Å². The highest BCUT2D eigenvalue weighted by Crippen LogP contribution is 2.37. The number of rotatable bonds is 2. The maximum atomic E-state index is 11.8. The summed E-state index contributed by atoms with van der Waals surface area (Å²) in [6, 6.07) is 0. The summed E-state index contributed by atoms with van der Waals surface area (Å²) in [5, 5.41) is 3.03. The standard InChI is InChI=1S/C13H24N2O/c1-13(2,3)14-12(16)9-15-7-10-5-4-6-11(10)8-15/h10-11H,4-9H2,1-3H3,(H,14,16). The van der Waals surface area contributed by atoms with Gasteiger partial charge in [-0.2, -0.15) is 0 Å². The third-order valence-corrected chi connectivity index (χ3v) is 3.68. The maximum absolute atomic E-state index is 11.8.